The van der Waals surface area contributed by atoms with Crippen molar-refractivity contribution in [2.75, 3.05) is 5.73 Å². The van der Waals surface area contributed by atoms with E-state index in [0.29, 0.717) is 14.6 Å². The molecule has 0 aliphatic heterocycles. The molecular weight excluding hydrogens is 296 g/mol. The fourth-order valence-electron chi connectivity index (χ4n) is 0.534. The molecule has 0 fully saturated rings. The number of nitrogens with two attached hydrogens (primary N) is 1. The fourth-order valence-corrected chi connectivity index (χ4v) is 2.01. The van der Waals surface area contributed by atoms with Crippen LogP contribution in [0.5, 0.6) is 0 Å². The van der Waals surface area contributed by atoms with Gasteiger partial charge in [-0.2, -0.15) is 0 Å². The Hall–Kier alpha value is 0.0600. The summed E-state index contributed by atoms with van der Waals surface area (Å²) in [5.41, 5.74) is 5.76. The molecule has 6 heteroatoms. The number of aromatic nitrogens is 1. The van der Waals surface area contributed by atoms with E-state index in [9.17, 15) is 4.79 Å². The Morgan fingerprint density at radius 1 is 1.73 bits per heavy atom. The van der Waals surface area contributed by atoms with E-state index >= 15 is 0 Å². The molecule has 62 valence electrons. The van der Waals surface area contributed by atoms with Crippen molar-refractivity contribution in [3.8, 4) is 0 Å². The molecule has 1 rings (SSSR count). The molecule has 1 aromatic rings. The van der Waals surface area contributed by atoms with Gasteiger partial charge in [-0.3, -0.25) is 4.79 Å². The highest BCUT2D eigenvalue weighted by atomic mass is 79.9. The van der Waals surface area contributed by atoms with E-state index in [1.165, 1.54) is 18.3 Å². The SMILES string of the molecule is Br.CC(=O)c1nc(N)sc1Br. The monoisotopic (exact) mass is 300 g/mol. The van der Waals surface area contributed by atoms with Crippen molar-refractivity contribution in [1.29, 1.82) is 0 Å². The number of anilines is 1. The lowest BCUT2D eigenvalue weighted by Crippen LogP contribution is -1.93. The molecule has 11 heavy (non-hydrogen) atoms. The normalized spacial score (nSPS) is 8.91. The highest BCUT2D eigenvalue weighted by Gasteiger charge is 2.09. The Balaban J connectivity index is 0.000001000. The van der Waals surface area contributed by atoms with Crippen LogP contribution >= 0.6 is 44.2 Å². The zero-order valence-electron chi connectivity index (χ0n) is 5.63. The van der Waals surface area contributed by atoms with Crippen molar-refractivity contribution in [1.82, 2.24) is 4.98 Å². The average molecular weight is 302 g/mol. The van der Waals surface area contributed by atoms with E-state index in [2.05, 4.69) is 20.9 Å². The van der Waals surface area contributed by atoms with Crippen molar-refractivity contribution < 1.29 is 4.79 Å². The van der Waals surface area contributed by atoms with E-state index in [0.717, 1.165) is 0 Å². The standard InChI is InChI=1S/C5H5BrN2OS.BrH/c1-2(9)3-4(6)10-5(7)8-3;/h1H3,(H2,7,8);1H. The molecule has 0 unspecified atom stereocenters. The molecule has 0 aromatic carbocycles. The van der Waals surface area contributed by atoms with Gasteiger partial charge in [-0.25, -0.2) is 4.98 Å². The lowest BCUT2D eigenvalue weighted by Gasteiger charge is -1.84. The van der Waals surface area contributed by atoms with Gasteiger partial charge >= 0.3 is 0 Å². The Morgan fingerprint density at radius 2 is 2.27 bits per heavy atom. The molecule has 2 N–H and O–H groups in total. The highest BCUT2D eigenvalue weighted by Crippen LogP contribution is 2.26. The number of ketones is 1. The van der Waals surface area contributed by atoms with Crippen LogP contribution in [-0.2, 0) is 0 Å². The predicted molar refractivity (Wildman–Crippen MR) is 54.6 cm³/mol. The molecule has 1 heterocycles. The second kappa shape index (κ2) is 4.18. The van der Waals surface area contributed by atoms with E-state index < -0.39 is 0 Å². The van der Waals surface area contributed by atoms with Crippen LogP contribution in [0.2, 0.25) is 0 Å². The third kappa shape index (κ3) is 2.53. The zero-order valence-corrected chi connectivity index (χ0v) is 9.74. The molecule has 0 saturated heterocycles. The van der Waals surface area contributed by atoms with Crippen molar-refractivity contribution in [2.24, 2.45) is 0 Å². The molecule has 1 aromatic heterocycles. The van der Waals surface area contributed by atoms with Crippen LogP contribution in [0.1, 0.15) is 17.4 Å². The summed E-state index contributed by atoms with van der Waals surface area (Å²) in [6.45, 7) is 1.46. The van der Waals surface area contributed by atoms with Crippen LogP contribution in [0.25, 0.3) is 0 Å². The van der Waals surface area contributed by atoms with Gasteiger partial charge in [0, 0.05) is 6.92 Å². The van der Waals surface area contributed by atoms with Crippen LogP contribution in [0.4, 0.5) is 5.13 Å². The third-order valence-electron chi connectivity index (χ3n) is 0.936. The minimum atomic E-state index is -0.0696. The van der Waals surface area contributed by atoms with Crippen molar-refractivity contribution in [2.45, 2.75) is 6.92 Å². The summed E-state index contributed by atoms with van der Waals surface area (Å²) in [4.78, 5) is 14.5. The predicted octanol–water partition coefficient (Wildman–Crippen LogP) is 2.27. The zero-order chi connectivity index (χ0) is 7.72. The molecule has 0 saturated carbocycles. The minimum Gasteiger partial charge on any atom is -0.375 e. The molecule has 3 nitrogen and oxygen atoms in total. The molecule has 0 amide bonds. The number of Topliss-reactive ketones (excluding diaryl/α,β-unsaturated/α-hetero) is 1. The second-order valence-corrected chi connectivity index (χ2v) is 4.08. The van der Waals surface area contributed by atoms with E-state index in [4.69, 9.17) is 5.73 Å². The fraction of sp³-hybridized carbons (Fsp3) is 0.200. The smallest absolute Gasteiger partial charge is 0.181 e. The van der Waals surface area contributed by atoms with Gasteiger partial charge in [0.15, 0.2) is 10.9 Å². The number of hydrogen-bond acceptors (Lipinski definition) is 4. The van der Waals surface area contributed by atoms with Gasteiger partial charge in [-0.05, 0) is 15.9 Å². The van der Waals surface area contributed by atoms with Crippen LogP contribution in [-0.4, -0.2) is 10.8 Å². The van der Waals surface area contributed by atoms with Gasteiger partial charge in [-0.1, -0.05) is 11.3 Å². The number of carbonyl (C=O) groups excluding carboxylic acids is 1. The van der Waals surface area contributed by atoms with E-state index in [1.807, 2.05) is 0 Å². The number of nitrogen functional groups attached to an aromatic ring is 1. The van der Waals surface area contributed by atoms with Gasteiger partial charge in [0.1, 0.15) is 9.48 Å². The molecule has 0 spiro atoms. The summed E-state index contributed by atoms with van der Waals surface area (Å²) < 4.78 is 0.706. The van der Waals surface area contributed by atoms with E-state index in [1.54, 1.807) is 0 Å². The number of nitrogens with zero attached hydrogens (tertiary/aromatic N) is 1. The Labute approximate surface area is 86.9 Å². The molecule has 0 atom stereocenters. The average Bonchev–Trinajstić information content (AvgIpc) is 2.10. The van der Waals surface area contributed by atoms with Crippen molar-refractivity contribution in [3.05, 3.63) is 9.48 Å². The molecule has 0 aliphatic rings. The van der Waals surface area contributed by atoms with Gasteiger partial charge in [0.25, 0.3) is 0 Å². The number of rotatable bonds is 1. The van der Waals surface area contributed by atoms with Crippen LogP contribution < -0.4 is 5.73 Å². The Bertz CT molecular complexity index is 273. The van der Waals surface area contributed by atoms with Gasteiger partial charge in [0.2, 0.25) is 0 Å². The lowest BCUT2D eigenvalue weighted by molar-refractivity contribution is 0.101. The molecule has 0 bridgehead atoms. The topological polar surface area (TPSA) is 56.0 Å². The summed E-state index contributed by atoms with van der Waals surface area (Å²) in [5.74, 6) is -0.0696. The Kier molecular flexibility index (Phi) is 4.20. The second-order valence-electron chi connectivity index (χ2n) is 1.73. The lowest BCUT2D eigenvalue weighted by atomic mass is 10.4. The van der Waals surface area contributed by atoms with Gasteiger partial charge in [-0.15, -0.1) is 17.0 Å². The molecular formula is C5H6Br2N2OS. The number of halogens is 2. The summed E-state index contributed by atoms with van der Waals surface area (Å²) in [5, 5.41) is 0.414. The number of thiazole rings is 1. The van der Waals surface area contributed by atoms with Gasteiger partial charge < -0.3 is 5.73 Å². The molecule has 0 aliphatic carbocycles. The summed E-state index contributed by atoms with van der Waals surface area (Å²) in [6.07, 6.45) is 0. The first kappa shape index (κ1) is 11.1. The number of carbonyl (C=O) groups is 1. The first-order chi connectivity index (χ1) is 4.61. The van der Waals surface area contributed by atoms with Crippen LogP contribution in [0, 0.1) is 0 Å². The minimum absolute atomic E-state index is 0. The van der Waals surface area contributed by atoms with Crippen molar-refractivity contribution >= 4 is 55.2 Å². The van der Waals surface area contributed by atoms with Crippen LogP contribution in [0.15, 0.2) is 3.79 Å². The van der Waals surface area contributed by atoms with E-state index in [-0.39, 0.29) is 22.8 Å². The first-order valence-corrected chi connectivity index (χ1v) is 4.15. The summed E-state index contributed by atoms with van der Waals surface area (Å²) in [6, 6.07) is 0. The van der Waals surface area contributed by atoms with Crippen LogP contribution in [0.3, 0.4) is 0 Å². The largest absolute Gasteiger partial charge is 0.375 e. The number of hydrogen-bond donors (Lipinski definition) is 1. The third-order valence-corrected chi connectivity index (χ3v) is 2.47. The highest BCUT2D eigenvalue weighted by molar-refractivity contribution is 9.11. The quantitative estimate of drug-likeness (QED) is 0.810. The molecule has 0 radical (unpaired) electrons. The maximum Gasteiger partial charge on any atom is 0.181 e. The van der Waals surface area contributed by atoms with Gasteiger partial charge in [0.05, 0.1) is 0 Å². The first-order valence-electron chi connectivity index (χ1n) is 2.54. The maximum absolute atomic E-state index is 10.7. The summed E-state index contributed by atoms with van der Waals surface area (Å²) >= 11 is 4.43. The Morgan fingerprint density at radius 3 is 2.45 bits per heavy atom. The summed E-state index contributed by atoms with van der Waals surface area (Å²) in [7, 11) is 0. The maximum atomic E-state index is 10.7. The van der Waals surface area contributed by atoms with Crippen molar-refractivity contribution in [3.63, 3.8) is 0 Å².